The number of H-pyrrole nitrogens is 1. The molecule has 5 nitrogen and oxygen atoms in total. The van der Waals surface area contributed by atoms with Gasteiger partial charge in [0.2, 0.25) is 0 Å². The van der Waals surface area contributed by atoms with Crippen LogP contribution in [0.4, 0.5) is 0 Å². The van der Waals surface area contributed by atoms with E-state index in [2.05, 4.69) is 31.4 Å². The Bertz CT molecular complexity index is 1150. The van der Waals surface area contributed by atoms with Crippen molar-refractivity contribution in [3.63, 3.8) is 0 Å². The van der Waals surface area contributed by atoms with Gasteiger partial charge >= 0.3 is 0 Å². The lowest BCUT2D eigenvalue weighted by Crippen LogP contribution is -2.24. The van der Waals surface area contributed by atoms with Crippen molar-refractivity contribution >= 4 is 49.7 Å². The minimum atomic E-state index is -0.318. The minimum absolute atomic E-state index is 0.104. The molecule has 0 radical (unpaired) electrons. The zero-order valence-electron chi connectivity index (χ0n) is 14.3. The molecule has 4 rings (SSSR count). The molecule has 0 aliphatic heterocycles. The molecule has 1 aromatic heterocycles. The average molecular weight is 422 g/mol. The van der Waals surface area contributed by atoms with E-state index in [1.807, 2.05) is 66.9 Å². The largest absolute Gasteiger partial charge is 0.484 e. The average Bonchev–Trinajstić information content (AvgIpc) is 3.09. The number of benzene rings is 3. The summed E-state index contributed by atoms with van der Waals surface area (Å²) in [5, 5.41) is 7.21. The zero-order valence-corrected chi connectivity index (χ0v) is 15.9. The number of hydrazone groups is 1. The molecular weight excluding hydrogens is 406 g/mol. The normalized spacial score (nSPS) is 11.3. The van der Waals surface area contributed by atoms with Crippen LogP contribution in [0.3, 0.4) is 0 Å². The smallest absolute Gasteiger partial charge is 0.277 e. The number of rotatable bonds is 5. The number of nitrogens with zero attached hydrogens (tertiary/aromatic N) is 1. The van der Waals surface area contributed by atoms with Crippen molar-refractivity contribution in [3.05, 3.63) is 76.9 Å². The first kappa shape index (κ1) is 17.3. The number of amides is 1. The number of hydrogen-bond donors (Lipinski definition) is 2. The second-order valence-corrected chi connectivity index (χ2v) is 6.94. The molecular formula is C21H16BrN3O2. The van der Waals surface area contributed by atoms with Crippen molar-refractivity contribution in [1.82, 2.24) is 10.4 Å². The number of para-hydroxylation sites is 1. The highest BCUT2D eigenvalue weighted by atomic mass is 79.9. The van der Waals surface area contributed by atoms with Crippen molar-refractivity contribution in [1.29, 1.82) is 0 Å². The lowest BCUT2D eigenvalue weighted by atomic mass is 10.1. The van der Waals surface area contributed by atoms with E-state index in [1.165, 1.54) is 0 Å². The summed E-state index contributed by atoms with van der Waals surface area (Å²) in [6.45, 7) is -0.104. The molecule has 4 aromatic rings. The third-order valence-corrected chi connectivity index (χ3v) is 4.65. The van der Waals surface area contributed by atoms with Crippen LogP contribution >= 0.6 is 15.9 Å². The molecule has 0 bridgehead atoms. The third kappa shape index (κ3) is 4.01. The van der Waals surface area contributed by atoms with Crippen LogP contribution in [0.1, 0.15) is 5.56 Å². The molecule has 0 fully saturated rings. The Hall–Kier alpha value is -3.12. The number of aromatic amines is 1. The van der Waals surface area contributed by atoms with Crippen molar-refractivity contribution in [2.45, 2.75) is 0 Å². The predicted octanol–water partition coefficient (Wildman–Crippen LogP) is 4.61. The number of carbonyl (C=O) groups excluding carboxylic acids is 1. The van der Waals surface area contributed by atoms with E-state index in [4.69, 9.17) is 4.74 Å². The maximum atomic E-state index is 12.0. The summed E-state index contributed by atoms with van der Waals surface area (Å²) in [5.41, 5.74) is 4.42. The summed E-state index contributed by atoms with van der Waals surface area (Å²) in [7, 11) is 0. The van der Waals surface area contributed by atoms with Crippen LogP contribution < -0.4 is 10.2 Å². The van der Waals surface area contributed by atoms with Gasteiger partial charge in [0, 0.05) is 27.1 Å². The first-order valence-electron chi connectivity index (χ1n) is 8.39. The second-order valence-electron chi connectivity index (χ2n) is 6.02. The Balaban J connectivity index is 1.35. The summed E-state index contributed by atoms with van der Waals surface area (Å²) >= 11 is 3.45. The molecule has 0 saturated heterocycles. The van der Waals surface area contributed by atoms with E-state index in [0.717, 1.165) is 31.7 Å². The Kier molecular flexibility index (Phi) is 4.89. The van der Waals surface area contributed by atoms with Gasteiger partial charge in [-0.3, -0.25) is 4.79 Å². The van der Waals surface area contributed by atoms with Crippen LogP contribution in [0.2, 0.25) is 0 Å². The van der Waals surface area contributed by atoms with E-state index in [0.29, 0.717) is 5.75 Å². The molecule has 0 unspecified atom stereocenters. The van der Waals surface area contributed by atoms with Crippen LogP contribution in [0, 0.1) is 0 Å². The van der Waals surface area contributed by atoms with Gasteiger partial charge in [-0.15, -0.1) is 0 Å². The summed E-state index contributed by atoms with van der Waals surface area (Å²) in [4.78, 5) is 15.1. The first-order chi connectivity index (χ1) is 13.2. The van der Waals surface area contributed by atoms with Crippen LogP contribution in [0.5, 0.6) is 5.75 Å². The van der Waals surface area contributed by atoms with Crippen LogP contribution in [0.25, 0.3) is 21.7 Å². The molecule has 0 aliphatic carbocycles. The van der Waals surface area contributed by atoms with E-state index in [9.17, 15) is 4.79 Å². The second kappa shape index (κ2) is 7.63. The van der Waals surface area contributed by atoms with Gasteiger partial charge in [-0.05, 0) is 41.1 Å². The third-order valence-electron chi connectivity index (χ3n) is 4.16. The molecule has 0 spiro atoms. The summed E-state index contributed by atoms with van der Waals surface area (Å²) in [5.74, 6) is 0.322. The number of halogens is 1. The monoisotopic (exact) mass is 421 g/mol. The first-order valence-corrected chi connectivity index (χ1v) is 9.18. The summed E-state index contributed by atoms with van der Waals surface area (Å²) in [6, 6.07) is 19.6. The van der Waals surface area contributed by atoms with E-state index >= 15 is 0 Å². The van der Waals surface area contributed by atoms with Gasteiger partial charge in [0.05, 0.1) is 6.21 Å². The number of aromatic nitrogens is 1. The molecule has 2 N–H and O–H groups in total. The summed E-state index contributed by atoms with van der Waals surface area (Å²) in [6.07, 6.45) is 3.47. The van der Waals surface area contributed by atoms with Crippen molar-refractivity contribution in [2.24, 2.45) is 5.10 Å². The quantitative estimate of drug-likeness (QED) is 0.364. The molecule has 1 amide bonds. The SMILES string of the molecule is O=C(COc1ccc2cc(Br)ccc2c1)NN=Cc1c[nH]c2ccccc12. The molecule has 6 heteroatoms. The Labute approximate surface area is 164 Å². The summed E-state index contributed by atoms with van der Waals surface area (Å²) < 4.78 is 6.58. The molecule has 0 saturated carbocycles. The van der Waals surface area contributed by atoms with Gasteiger partial charge in [-0.2, -0.15) is 5.10 Å². The van der Waals surface area contributed by atoms with Crippen molar-refractivity contribution in [3.8, 4) is 5.75 Å². The highest BCUT2D eigenvalue weighted by molar-refractivity contribution is 9.10. The highest BCUT2D eigenvalue weighted by Crippen LogP contribution is 2.24. The predicted molar refractivity (Wildman–Crippen MR) is 111 cm³/mol. The molecule has 27 heavy (non-hydrogen) atoms. The Morgan fingerprint density at radius 1 is 1.11 bits per heavy atom. The van der Waals surface area contributed by atoms with Crippen LogP contribution in [-0.2, 0) is 4.79 Å². The van der Waals surface area contributed by atoms with Crippen LogP contribution in [0.15, 0.2) is 76.4 Å². The van der Waals surface area contributed by atoms with Gasteiger partial charge in [0.1, 0.15) is 5.75 Å². The van der Waals surface area contributed by atoms with Gasteiger partial charge in [0.15, 0.2) is 6.61 Å². The maximum absolute atomic E-state index is 12.0. The van der Waals surface area contributed by atoms with Gasteiger partial charge in [-0.1, -0.05) is 46.3 Å². The van der Waals surface area contributed by atoms with Gasteiger partial charge in [0.25, 0.3) is 5.91 Å². The molecule has 1 heterocycles. The lowest BCUT2D eigenvalue weighted by Gasteiger charge is -2.06. The lowest BCUT2D eigenvalue weighted by molar-refractivity contribution is -0.123. The van der Waals surface area contributed by atoms with Crippen molar-refractivity contribution < 1.29 is 9.53 Å². The number of fused-ring (bicyclic) bond motifs is 2. The van der Waals surface area contributed by atoms with Gasteiger partial charge in [-0.25, -0.2) is 5.43 Å². The standard InChI is InChI=1S/C21H16BrN3O2/c22-17-7-5-15-10-18(8-6-14(15)9-17)27-13-21(26)25-24-12-16-11-23-20-4-2-1-3-19(16)20/h1-12,23H,13H2,(H,25,26). The molecule has 0 atom stereocenters. The zero-order chi connectivity index (χ0) is 18.6. The Morgan fingerprint density at radius 3 is 2.85 bits per heavy atom. The maximum Gasteiger partial charge on any atom is 0.277 e. The fraction of sp³-hybridized carbons (Fsp3) is 0.0476. The minimum Gasteiger partial charge on any atom is -0.484 e. The molecule has 134 valence electrons. The molecule has 3 aromatic carbocycles. The van der Waals surface area contributed by atoms with E-state index < -0.39 is 0 Å². The van der Waals surface area contributed by atoms with E-state index in [1.54, 1.807) is 6.21 Å². The topological polar surface area (TPSA) is 66.5 Å². The molecule has 0 aliphatic rings. The Morgan fingerprint density at radius 2 is 1.93 bits per heavy atom. The fourth-order valence-electron chi connectivity index (χ4n) is 2.84. The fourth-order valence-corrected chi connectivity index (χ4v) is 3.22. The highest BCUT2D eigenvalue weighted by Gasteiger charge is 2.04. The number of carbonyl (C=O) groups is 1. The van der Waals surface area contributed by atoms with Crippen LogP contribution in [-0.4, -0.2) is 23.7 Å². The van der Waals surface area contributed by atoms with Gasteiger partial charge < -0.3 is 9.72 Å². The number of hydrogen-bond acceptors (Lipinski definition) is 3. The van der Waals surface area contributed by atoms with E-state index in [-0.39, 0.29) is 12.5 Å². The number of ether oxygens (including phenoxy) is 1. The number of nitrogens with one attached hydrogen (secondary N) is 2. The van der Waals surface area contributed by atoms with Crippen molar-refractivity contribution in [2.75, 3.05) is 6.61 Å².